The van der Waals surface area contributed by atoms with Gasteiger partial charge in [-0.3, -0.25) is 4.79 Å². The SMILES string of the molecule is N[C@H](CC1CCC=CCC1)C(=O)O. The van der Waals surface area contributed by atoms with E-state index < -0.39 is 12.0 Å². The fraction of sp³-hybridized carbons (Fsp3) is 0.700. The third-order valence-electron chi connectivity index (χ3n) is 2.55. The minimum absolute atomic E-state index is 0.487. The second-order valence-electron chi connectivity index (χ2n) is 3.67. The maximum absolute atomic E-state index is 10.5. The van der Waals surface area contributed by atoms with Crippen LogP contribution in [0.5, 0.6) is 0 Å². The Hall–Kier alpha value is -0.830. The summed E-state index contributed by atoms with van der Waals surface area (Å²) in [6, 6.07) is -0.678. The molecule has 0 aliphatic heterocycles. The summed E-state index contributed by atoms with van der Waals surface area (Å²) in [6.45, 7) is 0. The van der Waals surface area contributed by atoms with Crippen LogP contribution in [0.2, 0.25) is 0 Å². The number of carboxylic acids is 1. The Labute approximate surface area is 78.6 Å². The highest BCUT2D eigenvalue weighted by molar-refractivity contribution is 5.73. The van der Waals surface area contributed by atoms with Crippen molar-refractivity contribution in [2.24, 2.45) is 11.7 Å². The smallest absolute Gasteiger partial charge is 0.320 e. The summed E-state index contributed by atoms with van der Waals surface area (Å²) in [5.41, 5.74) is 5.48. The van der Waals surface area contributed by atoms with E-state index in [1.165, 1.54) is 0 Å². The van der Waals surface area contributed by atoms with Crippen LogP contribution >= 0.6 is 0 Å². The van der Waals surface area contributed by atoms with Gasteiger partial charge in [0.25, 0.3) is 0 Å². The number of aliphatic carboxylic acids is 1. The second kappa shape index (κ2) is 5.02. The molecular weight excluding hydrogens is 166 g/mol. The van der Waals surface area contributed by atoms with E-state index in [1.807, 2.05) is 0 Å². The Bertz CT molecular complexity index is 191. The van der Waals surface area contributed by atoms with Crippen molar-refractivity contribution in [3.63, 3.8) is 0 Å². The van der Waals surface area contributed by atoms with Crippen molar-refractivity contribution >= 4 is 5.97 Å². The molecule has 1 rings (SSSR count). The molecule has 0 fully saturated rings. The fourth-order valence-electron chi connectivity index (χ4n) is 1.74. The lowest BCUT2D eigenvalue weighted by atomic mass is 9.93. The zero-order chi connectivity index (χ0) is 9.68. The zero-order valence-electron chi connectivity index (χ0n) is 7.78. The molecule has 1 aliphatic rings. The lowest BCUT2D eigenvalue weighted by Gasteiger charge is -2.15. The van der Waals surface area contributed by atoms with E-state index in [1.54, 1.807) is 0 Å². The third kappa shape index (κ3) is 3.59. The molecule has 0 aromatic heterocycles. The predicted octanol–water partition coefficient (Wildman–Crippen LogP) is 1.53. The van der Waals surface area contributed by atoms with Crippen LogP contribution in [-0.4, -0.2) is 17.1 Å². The van der Waals surface area contributed by atoms with Crippen LogP contribution in [0.1, 0.15) is 32.1 Å². The molecule has 0 saturated carbocycles. The molecule has 0 bridgehead atoms. The van der Waals surface area contributed by atoms with E-state index in [4.69, 9.17) is 10.8 Å². The molecule has 3 heteroatoms. The van der Waals surface area contributed by atoms with Gasteiger partial charge in [-0.2, -0.15) is 0 Å². The Kier molecular flexibility index (Phi) is 3.96. The van der Waals surface area contributed by atoms with Crippen molar-refractivity contribution < 1.29 is 9.90 Å². The van der Waals surface area contributed by atoms with E-state index >= 15 is 0 Å². The number of nitrogens with two attached hydrogens (primary N) is 1. The summed E-state index contributed by atoms with van der Waals surface area (Å²) in [4.78, 5) is 10.5. The molecule has 0 radical (unpaired) electrons. The lowest BCUT2D eigenvalue weighted by molar-refractivity contribution is -0.139. The average Bonchev–Trinajstić information content (AvgIpc) is 2.32. The summed E-state index contributed by atoms with van der Waals surface area (Å²) in [5, 5.41) is 8.64. The monoisotopic (exact) mass is 183 g/mol. The molecule has 0 unspecified atom stereocenters. The first kappa shape index (κ1) is 10.3. The molecular formula is C10H17NO2. The van der Waals surface area contributed by atoms with Gasteiger partial charge in [-0.05, 0) is 38.0 Å². The first-order chi connectivity index (χ1) is 6.20. The summed E-state index contributed by atoms with van der Waals surface area (Å²) in [7, 11) is 0. The molecule has 3 nitrogen and oxygen atoms in total. The van der Waals surface area contributed by atoms with E-state index in [9.17, 15) is 4.79 Å². The lowest BCUT2D eigenvalue weighted by Crippen LogP contribution is -2.32. The third-order valence-corrected chi connectivity index (χ3v) is 2.55. The van der Waals surface area contributed by atoms with Gasteiger partial charge in [-0.25, -0.2) is 0 Å². The highest BCUT2D eigenvalue weighted by atomic mass is 16.4. The number of allylic oxidation sites excluding steroid dienone is 2. The van der Waals surface area contributed by atoms with Gasteiger partial charge in [0.05, 0.1) is 0 Å². The van der Waals surface area contributed by atoms with Gasteiger partial charge < -0.3 is 10.8 Å². The van der Waals surface area contributed by atoms with Gasteiger partial charge in [-0.1, -0.05) is 12.2 Å². The molecule has 13 heavy (non-hydrogen) atoms. The Balaban J connectivity index is 2.31. The Morgan fingerprint density at radius 3 is 2.46 bits per heavy atom. The van der Waals surface area contributed by atoms with Crippen molar-refractivity contribution in [3.05, 3.63) is 12.2 Å². The zero-order valence-corrected chi connectivity index (χ0v) is 7.78. The first-order valence-electron chi connectivity index (χ1n) is 4.83. The second-order valence-corrected chi connectivity index (χ2v) is 3.67. The highest BCUT2D eigenvalue weighted by Crippen LogP contribution is 2.22. The summed E-state index contributed by atoms with van der Waals surface area (Å²) in [6.07, 6.45) is 9.26. The number of carboxylic acid groups (broad SMARTS) is 1. The van der Waals surface area contributed by atoms with Gasteiger partial charge in [0, 0.05) is 0 Å². The molecule has 1 atom stereocenters. The largest absolute Gasteiger partial charge is 0.480 e. The maximum Gasteiger partial charge on any atom is 0.320 e. The van der Waals surface area contributed by atoms with Crippen molar-refractivity contribution in [2.45, 2.75) is 38.1 Å². The predicted molar refractivity (Wildman–Crippen MR) is 51.3 cm³/mol. The van der Waals surface area contributed by atoms with Gasteiger partial charge in [0.1, 0.15) is 6.04 Å². The van der Waals surface area contributed by atoms with Gasteiger partial charge >= 0.3 is 5.97 Å². The molecule has 0 saturated heterocycles. The molecule has 0 aromatic rings. The fourth-order valence-corrected chi connectivity index (χ4v) is 1.74. The van der Waals surface area contributed by atoms with Crippen molar-refractivity contribution in [2.75, 3.05) is 0 Å². The Morgan fingerprint density at radius 1 is 1.46 bits per heavy atom. The van der Waals surface area contributed by atoms with Crippen molar-refractivity contribution in [1.82, 2.24) is 0 Å². The average molecular weight is 183 g/mol. The van der Waals surface area contributed by atoms with Crippen LogP contribution in [0, 0.1) is 5.92 Å². The van der Waals surface area contributed by atoms with Gasteiger partial charge in [0.15, 0.2) is 0 Å². The molecule has 0 spiro atoms. The number of rotatable bonds is 3. The van der Waals surface area contributed by atoms with Crippen LogP contribution < -0.4 is 5.73 Å². The van der Waals surface area contributed by atoms with Gasteiger partial charge in [0.2, 0.25) is 0 Å². The Morgan fingerprint density at radius 2 is 2.00 bits per heavy atom. The normalized spacial score (nSPS) is 21.0. The van der Waals surface area contributed by atoms with Gasteiger partial charge in [-0.15, -0.1) is 0 Å². The number of hydrogen-bond donors (Lipinski definition) is 2. The van der Waals surface area contributed by atoms with Crippen LogP contribution in [0.15, 0.2) is 12.2 Å². The minimum atomic E-state index is -0.878. The highest BCUT2D eigenvalue weighted by Gasteiger charge is 2.18. The van der Waals surface area contributed by atoms with Crippen molar-refractivity contribution in [1.29, 1.82) is 0 Å². The maximum atomic E-state index is 10.5. The van der Waals surface area contributed by atoms with E-state index in [2.05, 4.69) is 12.2 Å². The summed E-state index contributed by atoms with van der Waals surface area (Å²) in [5.74, 6) is -0.390. The van der Waals surface area contributed by atoms with E-state index in [0.717, 1.165) is 25.7 Å². The number of carbonyl (C=O) groups is 1. The molecule has 0 heterocycles. The molecule has 3 N–H and O–H groups in total. The standard InChI is InChI=1S/C10H17NO2/c11-9(10(12)13)7-8-5-3-1-2-4-6-8/h1-2,8-9H,3-7,11H2,(H,12,13)/t9-/m1/s1. The first-order valence-corrected chi connectivity index (χ1v) is 4.83. The minimum Gasteiger partial charge on any atom is -0.480 e. The summed E-state index contributed by atoms with van der Waals surface area (Å²) >= 11 is 0. The number of hydrogen-bond acceptors (Lipinski definition) is 2. The molecule has 0 amide bonds. The van der Waals surface area contributed by atoms with Crippen LogP contribution in [-0.2, 0) is 4.79 Å². The molecule has 0 aromatic carbocycles. The quantitative estimate of drug-likeness (QED) is 0.652. The molecule has 74 valence electrons. The topological polar surface area (TPSA) is 63.3 Å². The van der Waals surface area contributed by atoms with E-state index in [0.29, 0.717) is 12.3 Å². The summed E-state index contributed by atoms with van der Waals surface area (Å²) < 4.78 is 0. The van der Waals surface area contributed by atoms with Crippen LogP contribution in [0.4, 0.5) is 0 Å². The van der Waals surface area contributed by atoms with Crippen LogP contribution in [0.3, 0.4) is 0 Å². The van der Waals surface area contributed by atoms with Crippen LogP contribution in [0.25, 0.3) is 0 Å². The van der Waals surface area contributed by atoms with E-state index in [-0.39, 0.29) is 0 Å². The van der Waals surface area contributed by atoms with Crippen molar-refractivity contribution in [3.8, 4) is 0 Å². The molecule has 1 aliphatic carbocycles.